The minimum Gasteiger partial charge on any atom is -0.394 e. The van der Waals surface area contributed by atoms with E-state index in [0.29, 0.717) is 48.3 Å². The fourth-order valence-electron chi connectivity index (χ4n) is 12.8. The Morgan fingerprint density at radius 1 is 0.873 bits per heavy atom. The van der Waals surface area contributed by atoms with Gasteiger partial charge in [-0.1, -0.05) is 39.3 Å². The normalized spacial score (nSPS) is 55.3. The van der Waals surface area contributed by atoms with Crippen molar-refractivity contribution in [1.82, 2.24) is 0 Å². The molecule has 314 valence electrons. The lowest BCUT2D eigenvalue weighted by Gasteiger charge is -2.58. The fraction of sp³-hybridized carbons (Fsp3) is 0.949. The molecule has 0 radical (unpaired) electrons. The molecule has 6 N–H and O–H groups in total. The molecule has 0 aromatic rings. The van der Waals surface area contributed by atoms with Crippen LogP contribution in [0.3, 0.4) is 0 Å². The molecule has 0 aromatic carbocycles. The highest BCUT2D eigenvalue weighted by Gasteiger charge is 2.69. The molecule has 8 aliphatic rings. The number of hydrogen-bond donors (Lipinski definition) is 6. The van der Waals surface area contributed by atoms with E-state index in [2.05, 4.69) is 33.8 Å². The standard InChI is InChI=1S/C39H62O15S/c1-18-8-13-39(48-17-18)19(2)28-26(53-39)15-25-23-7-6-21-14-22(9-11-37(21,4)24(23)10-12-38(25,28)5)50-36-34(52-35-31(43)30(42)29(41)20(3)49-35)32(44)33(27(16-40)51-36)54-55(45,46)47/h6,18-20,22-36,40-44H,7-17H2,1-5H3,(H,45,46,47). The number of hydrogen-bond acceptors (Lipinski definition) is 14. The van der Waals surface area contributed by atoms with Crippen molar-refractivity contribution in [2.24, 2.45) is 46.3 Å². The summed E-state index contributed by atoms with van der Waals surface area (Å²) in [6.45, 7) is 11.0. The van der Waals surface area contributed by atoms with E-state index in [9.17, 15) is 38.5 Å². The van der Waals surface area contributed by atoms with Crippen LogP contribution in [0.15, 0.2) is 11.6 Å². The summed E-state index contributed by atoms with van der Waals surface area (Å²) in [6.07, 6.45) is -4.64. The molecule has 1 spiro atoms. The molecule has 3 saturated carbocycles. The first-order valence-corrected chi connectivity index (χ1v) is 21.9. The van der Waals surface area contributed by atoms with Crippen LogP contribution < -0.4 is 0 Å². The summed E-state index contributed by atoms with van der Waals surface area (Å²) in [5.74, 6) is 2.59. The van der Waals surface area contributed by atoms with Gasteiger partial charge in [-0.25, -0.2) is 4.18 Å². The lowest BCUT2D eigenvalue weighted by molar-refractivity contribution is -0.368. The Kier molecular flexibility index (Phi) is 10.9. The smallest absolute Gasteiger partial charge is 0.394 e. The maximum Gasteiger partial charge on any atom is 0.397 e. The van der Waals surface area contributed by atoms with E-state index in [1.165, 1.54) is 12.5 Å². The first-order chi connectivity index (χ1) is 25.9. The van der Waals surface area contributed by atoms with Gasteiger partial charge in [-0.3, -0.25) is 4.55 Å². The maximum absolute atomic E-state index is 11.7. The Morgan fingerprint density at radius 2 is 1.64 bits per heavy atom. The number of aliphatic hydroxyl groups is 5. The highest BCUT2D eigenvalue weighted by molar-refractivity contribution is 7.80. The molecular formula is C39H62O15S. The van der Waals surface area contributed by atoms with E-state index < -0.39 is 90.3 Å². The van der Waals surface area contributed by atoms with Gasteiger partial charge >= 0.3 is 10.4 Å². The van der Waals surface area contributed by atoms with Crippen molar-refractivity contribution in [3.8, 4) is 0 Å². The van der Waals surface area contributed by atoms with E-state index in [1.54, 1.807) is 0 Å². The van der Waals surface area contributed by atoms with E-state index in [1.807, 2.05) is 0 Å². The zero-order valence-corrected chi connectivity index (χ0v) is 33.3. The van der Waals surface area contributed by atoms with Gasteiger partial charge in [0.15, 0.2) is 18.4 Å². The van der Waals surface area contributed by atoms with Crippen molar-refractivity contribution in [2.45, 2.75) is 172 Å². The van der Waals surface area contributed by atoms with Gasteiger partial charge in [-0.15, -0.1) is 0 Å². The van der Waals surface area contributed by atoms with Gasteiger partial charge in [0.1, 0.15) is 42.7 Å². The molecule has 15 nitrogen and oxygen atoms in total. The molecule has 4 heterocycles. The number of allylic oxidation sites excluding steroid dienone is 1. The average Bonchev–Trinajstić information content (AvgIpc) is 3.58. The zero-order chi connectivity index (χ0) is 39.4. The van der Waals surface area contributed by atoms with Crippen molar-refractivity contribution >= 4 is 10.4 Å². The molecule has 4 saturated heterocycles. The van der Waals surface area contributed by atoms with Crippen molar-refractivity contribution in [1.29, 1.82) is 0 Å². The molecule has 0 aromatic heterocycles. The number of fused-ring (bicyclic) bond motifs is 7. The SMILES string of the molecule is CC1CCC2(OC1)OC1CC3C4CC=C5CC(OC6OC(CO)C(OS(=O)(=O)O)C(O)C6OC6OC(C)C(O)C(O)C6O)CCC5(C)C4CCC3(C)C1C2C. The minimum absolute atomic E-state index is 0.0316. The molecular weight excluding hydrogens is 740 g/mol. The van der Waals surface area contributed by atoms with Crippen molar-refractivity contribution in [2.75, 3.05) is 13.2 Å². The summed E-state index contributed by atoms with van der Waals surface area (Å²) in [6, 6.07) is 0. The Bertz CT molecular complexity index is 1550. The average molecular weight is 803 g/mol. The lowest BCUT2D eigenvalue weighted by Crippen LogP contribution is -2.65. The van der Waals surface area contributed by atoms with Crippen LogP contribution in [0.4, 0.5) is 0 Å². The molecule has 16 heteroatoms. The van der Waals surface area contributed by atoms with E-state index >= 15 is 0 Å². The number of rotatable bonds is 7. The van der Waals surface area contributed by atoms with Gasteiger partial charge in [0, 0.05) is 12.3 Å². The maximum atomic E-state index is 11.7. The molecule has 7 fully saturated rings. The van der Waals surface area contributed by atoms with Crippen LogP contribution in [-0.4, -0.2) is 131 Å². The van der Waals surface area contributed by atoms with Gasteiger partial charge in [-0.2, -0.15) is 8.42 Å². The quantitative estimate of drug-likeness (QED) is 0.161. The molecule has 8 rings (SSSR count). The van der Waals surface area contributed by atoms with Crippen molar-refractivity contribution in [3.05, 3.63) is 11.6 Å². The Hall–Kier alpha value is -0.830. The van der Waals surface area contributed by atoms with Crippen LogP contribution in [0.5, 0.6) is 0 Å². The summed E-state index contributed by atoms with van der Waals surface area (Å²) < 4.78 is 75.1. The monoisotopic (exact) mass is 802 g/mol. The predicted octanol–water partition coefficient (Wildman–Crippen LogP) is 2.22. The molecule has 21 unspecified atom stereocenters. The summed E-state index contributed by atoms with van der Waals surface area (Å²) in [7, 11) is -5.11. The first-order valence-electron chi connectivity index (χ1n) is 20.5. The van der Waals surface area contributed by atoms with Gasteiger partial charge in [-0.05, 0) is 98.7 Å². The summed E-state index contributed by atoms with van der Waals surface area (Å²) in [5.41, 5.74) is 1.48. The highest BCUT2D eigenvalue weighted by Crippen LogP contribution is 2.70. The first kappa shape index (κ1) is 40.9. The second kappa shape index (κ2) is 14.7. The third-order valence-corrected chi connectivity index (χ3v) is 16.2. The second-order valence-corrected chi connectivity index (χ2v) is 19.8. The van der Waals surface area contributed by atoms with Crippen LogP contribution in [0.2, 0.25) is 0 Å². The summed E-state index contributed by atoms with van der Waals surface area (Å²) >= 11 is 0. The number of aliphatic hydroxyl groups excluding tert-OH is 5. The molecule has 0 bridgehead atoms. The topological polar surface area (TPSA) is 220 Å². The van der Waals surface area contributed by atoms with Gasteiger partial charge in [0.2, 0.25) is 0 Å². The Labute approximate surface area is 323 Å². The van der Waals surface area contributed by atoms with Gasteiger partial charge in [0.05, 0.1) is 31.5 Å². The van der Waals surface area contributed by atoms with Gasteiger partial charge < -0.3 is 54.0 Å². The van der Waals surface area contributed by atoms with Crippen LogP contribution in [0, 0.1) is 46.3 Å². The van der Waals surface area contributed by atoms with E-state index in [-0.39, 0.29) is 16.9 Å². The highest BCUT2D eigenvalue weighted by atomic mass is 32.3. The molecule has 55 heavy (non-hydrogen) atoms. The van der Waals surface area contributed by atoms with Crippen molar-refractivity contribution < 1.29 is 71.1 Å². The largest absolute Gasteiger partial charge is 0.397 e. The van der Waals surface area contributed by atoms with Crippen LogP contribution in [-0.2, 0) is 43.0 Å². The number of ether oxygens (including phenoxy) is 6. The lowest BCUT2D eigenvalue weighted by atomic mass is 9.47. The second-order valence-electron chi connectivity index (χ2n) is 18.8. The molecule has 4 aliphatic carbocycles. The third-order valence-electron chi connectivity index (χ3n) is 15.8. The van der Waals surface area contributed by atoms with Crippen LogP contribution >= 0.6 is 0 Å². The van der Waals surface area contributed by atoms with Crippen LogP contribution in [0.25, 0.3) is 0 Å². The summed E-state index contributed by atoms with van der Waals surface area (Å²) in [4.78, 5) is 0. The van der Waals surface area contributed by atoms with Gasteiger partial charge in [0.25, 0.3) is 0 Å². The van der Waals surface area contributed by atoms with Crippen molar-refractivity contribution in [3.63, 3.8) is 0 Å². The third kappa shape index (κ3) is 6.89. The Balaban J connectivity index is 0.985. The molecule has 0 amide bonds. The Morgan fingerprint density at radius 3 is 2.33 bits per heavy atom. The molecule has 21 atom stereocenters. The zero-order valence-electron chi connectivity index (χ0n) is 32.5. The predicted molar refractivity (Wildman–Crippen MR) is 192 cm³/mol. The summed E-state index contributed by atoms with van der Waals surface area (Å²) in [5, 5.41) is 52.9. The fourth-order valence-corrected chi connectivity index (χ4v) is 13.3. The van der Waals surface area contributed by atoms with E-state index in [0.717, 1.165) is 51.6 Å². The molecule has 4 aliphatic heterocycles. The van der Waals surface area contributed by atoms with E-state index in [4.69, 9.17) is 32.6 Å². The van der Waals surface area contributed by atoms with Crippen LogP contribution in [0.1, 0.15) is 92.4 Å². The minimum atomic E-state index is -5.11.